The Morgan fingerprint density at radius 3 is 2.90 bits per heavy atom. The monoisotopic (exact) mass is 251 g/mol. The van der Waals surface area contributed by atoms with Crippen molar-refractivity contribution in [1.29, 1.82) is 0 Å². The number of allylic oxidation sites excluding steroid dienone is 4. The molecular formula is C7H10INO. The molecule has 3 heteroatoms. The number of aliphatic imine (C=N–C) groups is 1. The van der Waals surface area contributed by atoms with Crippen LogP contribution in [-0.2, 0) is 0 Å². The van der Waals surface area contributed by atoms with Gasteiger partial charge in [-0.1, -0.05) is 12.2 Å². The van der Waals surface area contributed by atoms with E-state index in [1.165, 1.54) is 0 Å². The Balaban J connectivity index is 3.79. The van der Waals surface area contributed by atoms with Crippen molar-refractivity contribution in [2.75, 3.05) is 6.73 Å². The van der Waals surface area contributed by atoms with Gasteiger partial charge in [0.2, 0.25) is 0 Å². The Morgan fingerprint density at radius 2 is 2.40 bits per heavy atom. The summed E-state index contributed by atoms with van der Waals surface area (Å²) in [6, 6.07) is 0. The van der Waals surface area contributed by atoms with Gasteiger partial charge < -0.3 is 5.11 Å². The number of halogens is 1. The summed E-state index contributed by atoms with van der Waals surface area (Å²) in [5.41, 5.74) is 0. The molecule has 10 heavy (non-hydrogen) atoms. The second-order valence-electron chi connectivity index (χ2n) is 1.52. The first kappa shape index (κ1) is 9.84. The van der Waals surface area contributed by atoms with E-state index in [1.807, 2.05) is 25.2 Å². The van der Waals surface area contributed by atoms with Crippen LogP contribution >= 0.6 is 22.6 Å². The van der Waals surface area contributed by atoms with Crippen molar-refractivity contribution in [1.82, 2.24) is 0 Å². The predicted molar refractivity (Wildman–Crippen MR) is 52.5 cm³/mol. The van der Waals surface area contributed by atoms with Crippen LogP contribution in [-0.4, -0.2) is 18.1 Å². The minimum absolute atomic E-state index is 0.143. The molecule has 56 valence electrons. The quantitative estimate of drug-likeness (QED) is 0.463. The number of aliphatic hydroxyl groups is 1. The zero-order valence-corrected chi connectivity index (χ0v) is 7.95. The fourth-order valence-corrected chi connectivity index (χ4v) is 0.906. The van der Waals surface area contributed by atoms with E-state index < -0.39 is 0 Å². The number of nitrogens with zero attached hydrogens (tertiary/aromatic N) is 1. The lowest BCUT2D eigenvalue weighted by molar-refractivity contribution is 0.310. The van der Waals surface area contributed by atoms with E-state index in [0.29, 0.717) is 0 Å². The normalized spacial score (nSPS) is 13.7. The second kappa shape index (κ2) is 6.95. The molecule has 1 N–H and O–H groups in total. The van der Waals surface area contributed by atoms with E-state index in [1.54, 1.807) is 6.21 Å². The molecule has 0 heterocycles. The van der Waals surface area contributed by atoms with Crippen molar-refractivity contribution < 1.29 is 5.11 Å². The van der Waals surface area contributed by atoms with Crippen LogP contribution in [0.3, 0.4) is 0 Å². The van der Waals surface area contributed by atoms with E-state index >= 15 is 0 Å². The lowest BCUT2D eigenvalue weighted by Gasteiger charge is -1.82. The highest BCUT2D eigenvalue weighted by Crippen LogP contribution is 2.05. The molecule has 0 amide bonds. The minimum atomic E-state index is -0.143. The highest BCUT2D eigenvalue weighted by molar-refractivity contribution is 14.1. The lowest BCUT2D eigenvalue weighted by atomic mass is 10.4. The van der Waals surface area contributed by atoms with Crippen molar-refractivity contribution in [3.63, 3.8) is 0 Å². The summed E-state index contributed by atoms with van der Waals surface area (Å²) >= 11 is 2.18. The molecular weight excluding hydrogens is 241 g/mol. The molecule has 0 bridgehead atoms. The average Bonchev–Trinajstić information content (AvgIpc) is 1.89. The van der Waals surface area contributed by atoms with E-state index in [9.17, 15) is 0 Å². The standard InChI is InChI=1S/C7H10INO/c1-2-3-7(8)4-5-9-6-10/h2-5,10H,6H2,1H3/b3-2-,7-4+,9-5?. The maximum atomic E-state index is 8.26. The van der Waals surface area contributed by atoms with Crippen LogP contribution in [0.1, 0.15) is 6.92 Å². The first-order valence-electron chi connectivity index (χ1n) is 2.90. The molecule has 0 rings (SSSR count). The van der Waals surface area contributed by atoms with E-state index in [2.05, 4.69) is 27.6 Å². The van der Waals surface area contributed by atoms with Crippen molar-refractivity contribution in [2.45, 2.75) is 6.92 Å². The summed E-state index contributed by atoms with van der Waals surface area (Å²) in [7, 11) is 0. The number of rotatable bonds is 3. The average molecular weight is 251 g/mol. The largest absolute Gasteiger partial charge is 0.375 e. The van der Waals surface area contributed by atoms with Crippen molar-refractivity contribution >= 4 is 28.8 Å². The number of aliphatic hydroxyl groups excluding tert-OH is 1. The van der Waals surface area contributed by atoms with Gasteiger partial charge in [0.25, 0.3) is 0 Å². The summed E-state index contributed by atoms with van der Waals surface area (Å²) in [6.45, 7) is 1.81. The van der Waals surface area contributed by atoms with Crippen LogP contribution in [0, 0.1) is 0 Å². The zero-order valence-electron chi connectivity index (χ0n) is 5.79. The molecule has 0 atom stereocenters. The molecule has 0 aromatic carbocycles. The predicted octanol–water partition coefficient (Wildman–Crippen LogP) is 1.90. The first-order chi connectivity index (χ1) is 4.81. The molecule has 0 aliphatic carbocycles. The van der Waals surface area contributed by atoms with E-state index in [4.69, 9.17) is 5.11 Å². The topological polar surface area (TPSA) is 32.6 Å². The molecule has 0 aromatic rings. The molecule has 0 spiro atoms. The molecule has 0 fully saturated rings. The van der Waals surface area contributed by atoms with Crippen molar-refractivity contribution in [3.05, 3.63) is 21.8 Å². The number of hydrogen-bond donors (Lipinski definition) is 1. The van der Waals surface area contributed by atoms with Crippen LogP contribution in [0.15, 0.2) is 26.8 Å². The summed E-state index contributed by atoms with van der Waals surface area (Å²) < 4.78 is 1.09. The highest BCUT2D eigenvalue weighted by Gasteiger charge is 1.76. The molecule has 0 unspecified atom stereocenters. The Hall–Kier alpha value is -0.160. The minimum Gasteiger partial charge on any atom is -0.375 e. The zero-order chi connectivity index (χ0) is 7.82. The number of hydrogen-bond acceptors (Lipinski definition) is 2. The molecule has 0 saturated carbocycles. The fourth-order valence-electron chi connectivity index (χ4n) is 0.386. The van der Waals surface area contributed by atoms with Gasteiger partial charge in [-0.05, 0) is 35.6 Å². The fraction of sp³-hybridized carbons (Fsp3) is 0.286. The molecule has 0 aromatic heterocycles. The molecule has 0 radical (unpaired) electrons. The first-order valence-corrected chi connectivity index (χ1v) is 3.98. The molecule has 0 saturated heterocycles. The van der Waals surface area contributed by atoms with Gasteiger partial charge in [0.15, 0.2) is 0 Å². The smallest absolute Gasteiger partial charge is 0.134 e. The van der Waals surface area contributed by atoms with Crippen LogP contribution in [0.5, 0.6) is 0 Å². The van der Waals surface area contributed by atoms with Crippen molar-refractivity contribution in [3.8, 4) is 0 Å². The van der Waals surface area contributed by atoms with Gasteiger partial charge in [-0.3, -0.25) is 4.99 Å². The van der Waals surface area contributed by atoms with Crippen molar-refractivity contribution in [2.24, 2.45) is 4.99 Å². The maximum absolute atomic E-state index is 8.26. The van der Waals surface area contributed by atoms with E-state index in [0.717, 1.165) is 3.58 Å². The van der Waals surface area contributed by atoms with Gasteiger partial charge in [-0.25, -0.2) is 0 Å². The highest BCUT2D eigenvalue weighted by atomic mass is 127. The Kier molecular flexibility index (Phi) is 6.84. The molecule has 0 aliphatic rings. The Bertz CT molecular complexity index is 161. The van der Waals surface area contributed by atoms with Gasteiger partial charge >= 0.3 is 0 Å². The second-order valence-corrected chi connectivity index (χ2v) is 2.77. The summed E-state index contributed by atoms with van der Waals surface area (Å²) in [5.74, 6) is 0. The lowest BCUT2D eigenvalue weighted by Crippen LogP contribution is -1.73. The summed E-state index contributed by atoms with van der Waals surface area (Å²) in [4.78, 5) is 3.61. The van der Waals surface area contributed by atoms with Crippen LogP contribution in [0.25, 0.3) is 0 Å². The third-order valence-corrected chi connectivity index (χ3v) is 1.47. The third kappa shape index (κ3) is 5.97. The summed E-state index contributed by atoms with van der Waals surface area (Å²) in [6.07, 6.45) is 7.33. The van der Waals surface area contributed by atoms with E-state index in [-0.39, 0.29) is 6.73 Å². The SMILES string of the molecule is C/C=C\C(I)=C/C=NCO. The van der Waals surface area contributed by atoms with Gasteiger partial charge in [0.05, 0.1) is 0 Å². The maximum Gasteiger partial charge on any atom is 0.134 e. The third-order valence-electron chi connectivity index (χ3n) is 0.747. The summed E-state index contributed by atoms with van der Waals surface area (Å²) in [5, 5.41) is 8.26. The van der Waals surface area contributed by atoms with Gasteiger partial charge in [-0.15, -0.1) is 0 Å². The van der Waals surface area contributed by atoms with Crippen LogP contribution in [0.4, 0.5) is 0 Å². The Morgan fingerprint density at radius 1 is 1.70 bits per heavy atom. The van der Waals surface area contributed by atoms with Gasteiger partial charge in [0, 0.05) is 9.79 Å². The van der Waals surface area contributed by atoms with Gasteiger partial charge in [0.1, 0.15) is 6.73 Å². The van der Waals surface area contributed by atoms with Crippen LogP contribution < -0.4 is 0 Å². The van der Waals surface area contributed by atoms with Gasteiger partial charge in [-0.2, -0.15) is 0 Å². The molecule has 2 nitrogen and oxygen atoms in total. The Labute approximate surface area is 74.5 Å². The molecule has 0 aliphatic heterocycles. The van der Waals surface area contributed by atoms with Crippen LogP contribution in [0.2, 0.25) is 0 Å².